The fourth-order valence-electron chi connectivity index (χ4n) is 2.96. The Morgan fingerprint density at radius 1 is 1.00 bits per heavy atom. The minimum Gasteiger partial charge on any atom is -0.496 e. The largest absolute Gasteiger partial charge is 0.496 e. The molecule has 32 heavy (non-hydrogen) atoms. The maximum atomic E-state index is 13.1. The molecule has 0 saturated heterocycles. The number of rotatable bonds is 11. The van der Waals surface area contributed by atoms with Gasteiger partial charge in [-0.15, -0.1) is 0 Å². The number of halogens is 1. The van der Waals surface area contributed by atoms with Crippen molar-refractivity contribution in [1.82, 2.24) is 10.2 Å². The fourth-order valence-corrected chi connectivity index (χ4v) is 3.17. The van der Waals surface area contributed by atoms with Crippen LogP contribution in [0, 0.1) is 5.92 Å². The van der Waals surface area contributed by atoms with Crippen molar-refractivity contribution in [3.8, 4) is 17.2 Å². The molecule has 2 rings (SSSR count). The van der Waals surface area contributed by atoms with Crippen molar-refractivity contribution in [1.29, 1.82) is 0 Å². The molecule has 8 heteroatoms. The lowest BCUT2D eigenvalue weighted by atomic mass is 10.1. The molecule has 0 aliphatic heterocycles. The number of hydrogen-bond acceptors (Lipinski definition) is 5. The number of benzene rings is 2. The first-order chi connectivity index (χ1) is 15.2. The molecule has 7 nitrogen and oxygen atoms in total. The average Bonchev–Trinajstić information content (AvgIpc) is 2.78. The topological polar surface area (TPSA) is 77.1 Å². The maximum Gasteiger partial charge on any atom is 0.261 e. The van der Waals surface area contributed by atoms with E-state index < -0.39 is 6.04 Å². The first-order valence-electron chi connectivity index (χ1n) is 10.4. The molecule has 2 aromatic rings. The molecule has 0 unspecified atom stereocenters. The SMILES string of the molecule is COc1cc(OC)cc(OCC(=O)N(Cc2cccc(Cl)c2)[C@H](C)C(=O)NCC(C)C)c1. The third kappa shape index (κ3) is 7.64. The third-order valence-electron chi connectivity index (χ3n) is 4.78. The summed E-state index contributed by atoms with van der Waals surface area (Å²) in [7, 11) is 3.07. The summed E-state index contributed by atoms with van der Waals surface area (Å²) in [6, 6.07) is 11.5. The molecule has 2 amide bonds. The van der Waals surface area contributed by atoms with E-state index in [0.29, 0.717) is 34.7 Å². The molecule has 1 atom stereocenters. The second kappa shape index (κ2) is 12.2. The lowest BCUT2D eigenvalue weighted by Crippen LogP contribution is -2.49. The van der Waals surface area contributed by atoms with E-state index in [9.17, 15) is 9.59 Å². The van der Waals surface area contributed by atoms with E-state index in [2.05, 4.69) is 5.32 Å². The van der Waals surface area contributed by atoms with Crippen LogP contribution in [-0.2, 0) is 16.1 Å². The normalized spacial score (nSPS) is 11.6. The number of ether oxygens (including phenoxy) is 3. The molecule has 0 aliphatic rings. The summed E-state index contributed by atoms with van der Waals surface area (Å²) in [4.78, 5) is 27.3. The van der Waals surface area contributed by atoms with Gasteiger partial charge in [-0.05, 0) is 30.5 Å². The molecule has 0 saturated carbocycles. The van der Waals surface area contributed by atoms with Gasteiger partial charge in [0.05, 0.1) is 14.2 Å². The zero-order chi connectivity index (χ0) is 23.7. The average molecular weight is 463 g/mol. The Labute approximate surface area is 194 Å². The van der Waals surface area contributed by atoms with Crippen LogP contribution in [0.5, 0.6) is 17.2 Å². The molecule has 0 radical (unpaired) electrons. The van der Waals surface area contributed by atoms with Crippen molar-refractivity contribution in [2.45, 2.75) is 33.4 Å². The van der Waals surface area contributed by atoms with E-state index in [4.69, 9.17) is 25.8 Å². The van der Waals surface area contributed by atoms with Gasteiger partial charge < -0.3 is 24.4 Å². The summed E-state index contributed by atoms with van der Waals surface area (Å²) in [6.45, 7) is 6.22. The van der Waals surface area contributed by atoms with Crippen LogP contribution in [0.25, 0.3) is 0 Å². The summed E-state index contributed by atoms with van der Waals surface area (Å²) < 4.78 is 16.2. The monoisotopic (exact) mass is 462 g/mol. The Hall–Kier alpha value is -2.93. The number of nitrogens with one attached hydrogen (secondary N) is 1. The Morgan fingerprint density at radius 2 is 1.62 bits per heavy atom. The number of methoxy groups -OCH3 is 2. The molecular formula is C24H31ClN2O5. The highest BCUT2D eigenvalue weighted by molar-refractivity contribution is 6.30. The van der Waals surface area contributed by atoms with Crippen LogP contribution in [0.3, 0.4) is 0 Å². The standard InChI is InChI=1S/C24H31ClN2O5/c1-16(2)13-26-24(29)17(3)27(14-18-7-6-8-19(25)9-18)23(28)15-32-22-11-20(30-4)10-21(12-22)31-5/h6-12,16-17H,13-15H2,1-5H3,(H,26,29)/t17-/m1/s1. The minimum atomic E-state index is -0.691. The summed E-state index contributed by atoms with van der Waals surface area (Å²) in [5.74, 6) is 1.26. The van der Waals surface area contributed by atoms with Gasteiger partial charge in [-0.1, -0.05) is 37.6 Å². The van der Waals surface area contributed by atoms with Crippen LogP contribution in [0.15, 0.2) is 42.5 Å². The van der Waals surface area contributed by atoms with Crippen LogP contribution < -0.4 is 19.5 Å². The van der Waals surface area contributed by atoms with Gasteiger partial charge in [0.25, 0.3) is 5.91 Å². The van der Waals surface area contributed by atoms with Gasteiger partial charge in [-0.25, -0.2) is 0 Å². The lowest BCUT2D eigenvalue weighted by molar-refractivity contribution is -0.142. The molecule has 1 N–H and O–H groups in total. The molecule has 2 aromatic carbocycles. The van der Waals surface area contributed by atoms with E-state index in [-0.39, 0.29) is 25.0 Å². The highest BCUT2D eigenvalue weighted by Gasteiger charge is 2.26. The minimum absolute atomic E-state index is 0.223. The number of carbonyl (C=O) groups is 2. The molecular weight excluding hydrogens is 432 g/mol. The van der Waals surface area contributed by atoms with Gasteiger partial charge in [0.15, 0.2) is 6.61 Å². The van der Waals surface area contributed by atoms with Crippen molar-refractivity contribution >= 4 is 23.4 Å². The smallest absolute Gasteiger partial charge is 0.261 e. The van der Waals surface area contributed by atoms with E-state index >= 15 is 0 Å². The first kappa shape index (κ1) is 25.3. The highest BCUT2D eigenvalue weighted by Crippen LogP contribution is 2.27. The van der Waals surface area contributed by atoms with Crippen molar-refractivity contribution in [2.24, 2.45) is 5.92 Å². The quantitative estimate of drug-likeness (QED) is 0.547. The van der Waals surface area contributed by atoms with Crippen LogP contribution in [-0.4, -0.2) is 50.1 Å². The molecule has 0 bridgehead atoms. The van der Waals surface area contributed by atoms with E-state index in [1.807, 2.05) is 26.0 Å². The fraction of sp³-hybridized carbons (Fsp3) is 0.417. The second-order valence-electron chi connectivity index (χ2n) is 7.80. The Morgan fingerprint density at radius 3 is 2.19 bits per heavy atom. The van der Waals surface area contributed by atoms with E-state index in [1.54, 1.807) is 37.3 Å². The predicted molar refractivity (Wildman–Crippen MR) is 124 cm³/mol. The maximum absolute atomic E-state index is 13.1. The van der Waals surface area contributed by atoms with Crippen LogP contribution >= 0.6 is 11.6 Å². The van der Waals surface area contributed by atoms with Gasteiger partial charge in [0.2, 0.25) is 5.91 Å². The van der Waals surface area contributed by atoms with Gasteiger partial charge >= 0.3 is 0 Å². The lowest BCUT2D eigenvalue weighted by Gasteiger charge is -2.29. The molecule has 0 aromatic heterocycles. The summed E-state index contributed by atoms with van der Waals surface area (Å²) in [5.41, 5.74) is 0.817. The third-order valence-corrected chi connectivity index (χ3v) is 5.02. The van der Waals surface area contributed by atoms with Crippen molar-refractivity contribution in [2.75, 3.05) is 27.4 Å². The number of nitrogens with zero attached hydrogens (tertiary/aromatic N) is 1. The number of amides is 2. The van der Waals surface area contributed by atoms with Gasteiger partial charge in [0, 0.05) is 36.3 Å². The van der Waals surface area contributed by atoms with Gasteiger partial charge in [0.1, 0.15) is 23.3 Å². The van der Waals surface area contributed by atoms with Crippen LogP contribution in [0.1, 0.15) is 26.3 Å². The second-order valence-corrected chi connectivity index (χ2v) is 8.24. The predicted octanol–water partition coefficient (Wildman–Crippen LogP) is 3.93. The van der Waals surface area contributed by atoms with Gasteiger partial charge in [-0.3, -0.25) is 9.59 Å². The molecule has 0 fully saturated rings. The van der Waals surface area contributed by atoms with E-state index in [0.717, 1.165) is 5.56 Å². The zero-order valence-corrected chi connectivity index (χ0v) is 19.9. The Kier molecular flexibility index (Phi) is 9.65. The van der Waals surface area contributed by atoms with Crippen molar-refractivity contribution in [3.63, 3.8) is 0 Å². The molecule has 0 heterocycles. The number of hydrogen-bond donors (Lipinski definition) is 1. The van der Waals surface area contributed by atoms with Crippen molar-refractivity contribution in [3.05, 3.63) is 53.1 Å². The van der Waals surface area contributed by atoms with E-state index in [1.165, 1.54) is 19.1 Å². The van der Waals surface area contributed by atoms with Crippen LogP contribution in [0.4, 0.5) is 0 Å². The number of carbonyl (C=O) groups excluding carboxylic acids is 2. The summed E-state index contributed by atoms with van der Waals surface area (Å²) in [5, 5.41) is 3.45. The zero-order valence-electron chi connectivity index (χ0n) is 19.2. The summed E-state index contributed by atoms with van der Waals surface area (Å²) >= 11 is 6.10. The Balaban J connectivity index is 2.18. The summed E-state index contributed by atoms with van der Waals surface area (Å²) in [6.07, 6.45) is 0. The molecule has 0 aliphatic carbocycles. The molecule has 0 spiro atoms. The highest BCUT2D eigenvalue weighted by atomic mass is 35.5. The first-order valence-corrected chi connectivity index (χ1v) is 10.8. The van der Waals surface area contributed by atoms with Crippen molar-refractivity contribution < 1.29 is 23.8 Å². The van der Waals surface area contributed by atoms with Crippen LogP contribution in [0.2, 0.25) is 5.02 Å². The molecule has 174 valence electrons. The Bertz CT molecular complexity index is 897. The van der Waals surface area contributed by atoms with Gasteiger partial charge in [-0.2, -0.15) is 0 Å².